The lowest BCUT2D eigenvalue weighted by Gasteiger charge is -2.65. The number of pyridine rings is 1. The smallest absolute Gasteiger partial charge is 0.340 e. The van der Waals surface area contributed by atoms with Crippen molar-refractivity contribution in [2.45, 2.75) is 88.7 Å². The van der Waals surface area contributed by atoms with Gasteiger partial charge in [-0.3, -0.25) is 14.6 Å². The second-order valence-electron chi connectivity index (χ2n) is 12.4. The van der Waals surface area contributed by atoms with Gasteiger partial charge in [-0.25, -0.2) is 9.59 Å². The maximum atomic E-state index is 13.6. The van der Waals surface area contributed by atoms with Gasteiger partial charge in [0, 0.05) is 26.2 Å². The molecule has 0 unspecified atom stereocenters. The summed E-state index contributed by atoms with van der Waals surface area (Å²) in [5.41, 5.74) is -6.84. The first kappa shape index (κ1) is 31.6. The van der Waals surface area contributed by atoms with Crippen LogP contribution in [0.1, 0.15) is 68.2 Å². The molecule has 44 heavy (non-hydrogen) atoms. The van der Waals surface area contributed by atoms with Crippen molar-refractivity contribution in [3.8, 4) is 0 Å². The van der Waals surface area contributed by atoms with Gasteiger partial charge >= 0.3 is 23.9 Å². The number of aromatic nitrogens is 1. The maximum Gasteiger partial charge on any atom is 0.340 e. The number of rotatable bonds is 7. The molecule has 0 radical (unpaired) electrons. The van der Waals surface area contributed by atoms with Crippen molar-refractivity contribution in [2.75, 3.05) is 6.61 Å². The molecular weight excluding hydrogens is 574 g/mol. The van der Waals surface area contributed by atoms with Crippen LogP contribution in [0.15, 0.2) is 54.9 Å². The van der Waals surface area contributed by atoms with Crippen LogP contribution in [0.25, 0.3) is 0 Å². The minimum atomic E-state index is -2.01. The summed E-state index contributed by atoms with van der Waals surface area (Å²) in [7, 11) is 0. The lowest BCUT2D eigenvalue weighted by atomic mass is 9.46. The monoisotopic (exact) mass is 611 g/mol. The predicted molar refractivity (Wildman–Crippen MR) is 151 cm³/mol. The van der Waals surface area contributed by atoms with Crippen LogP contribution in [0.3, 0.4) is 0 Å². The molecule has 1 aromatic heterocycles. The second-order valence-corrected chi connectivity index (χ2v) is 12.4. The molecule has 2 aliphatic carbocycles. The van der Waals surface area contributed by atoms with Crippen LogP contribution >= 0.6 is 0 Å². The van der Waals surface area contributed by atoms with E-state index >= 15 is 0 Å². The minimum Gasteiger partial charge on any atom is -0.465 e. The molecule has 2 heterocycles. The lowest BCUT2D eigenvalue weighted by molar-refractivity contribution is -0.347. The van der Waals surface area contributed by atoms with Gasteiger partial charge < -0.3 is 33.9 Å². The molecule has 12 nitrogen and oxygen atoms in total. The van der Waals surface area contributed by atoms with E-state index in [0.29, 0.717) is 0 Å². The van der Waals surface area contributed by atoms with Crippen LogP contribution in [-0.4, -0.2) is 86.9 Å². The zero-order valence-electron chi connectivity index (χ0n) is 25.2. The van der Waals surface area contributed by atoms with Gasteiger partial charge in [-0.15, -0.1) is 0 Å². The number of hydrogen-bond donors (Lipinski definition) is 2. The van der Waals surface area contributed by atoms with Gasteiger partial charge in [0.1, 0.15) is 36.4 Å². The Morgan fingerprint density at radius 2 is 1.57 bits per heavy atom. The highest BCUT2D eigenvalue weighted by atomic mass is 16.6. The number of carbonyl (C=O) groups is 4. The largest absolute Gasteiger partial charge is 0.465 e. The second kappa shape index (κ2) is 11.2. The average molecular weight is 612 g/mol. The summed E-state index contributed by atoms with van der Waals surface area (Å²) >= 11 is 0. The van der Waals surface area contributed by atoms with Crippen molar-refractivity contribution in [1.82, 2.24) is 4.98 Å². The third-order valence-corrected chi connectivity index (χ3v) is 9.30. The number of esters is 4. The molecule has 2 bridgehead atoms. The van der Waals surface area contributed by atoms with Crippen LogP contribution < -0.4 is 0 Å². The molecule has 2 saturated carbocycles. The Morgan fingerprint density at radius 3 is 2.18 bits per heavy atom. The Kier molecular flexibility index (Phi) is 8.06. The van der Waals surface area contributed by atoms with E-state index in [1.807, 2.05) is 0 Å². The summed E-state index contributed by atoms with van der Waals surface area (Å²) in [5.74, 6) is -4.10. The summed E-state index contributed by atoms with van der Waals surface area (Å²) in [4.78, 5) is 56.1. The molecule has 12 heteroatoms. The van der Waals surface area contributed by atoms with Crippen LogP contribution in [0.2, 0.25) is 0 Å². The molecule has 3 fully saturated rings. The summed E-state index contributed by atoms with van der Waals surface area (Å²) in [5, 5.41) is 24.4. The SMILES string of the molecule is CC(=O)OC[C@@]12[C@@H](OC(=O)c3ccccc3)CC[C@](C)(O)[C@]13OC(C)(C)[C@H]([C@@H](O)[C@H]2OC(=O)c1cccnc1)[C@H]3OC(C)=O. The summed E-state index contributed by atoms with van der Waals surface area (Å²) in [6.45, 7) is 6.51. The predicted octanol–water partition coefficient (Wildman–Crippen LogP) is 2.40. The normalized spacial score (nSPS) is 35.1. The van der Waals surface area contributed by atoms with E-state index in [2.05, 4.69) is 4.98 Å². The molecule has 236 valence electrons. The van der Waals surface area contributed by atoms with E-state index in [9.17, 15) is 29.4 Å². The molecule has 8 atom stereocenters. The van der Waals surface area contributed by atoms with Gasteiger partial charge in [0.25, 0.3) is 0 Å². The number of benzene rings is 1. The van der Waals surface area contributed by atoms with Gasteiger partial charge in [-0.05, 0) is 57.9 Å². The van der Waals surface area contributed by atoms with Crippen molar-refractivity contribution >= 4 is 23.9 Å². The Morgan fingerprint density at radius 1 is 0.909 bits per heavy atom. The molecule has 2 N–H and O–H groups in total. The van der Waals surface area contributed by atoms with Gasteiger partial charge in [0.05, 0.1) is 28.2 Å². The molecule has 1 saturated heterocycles. The van der Waals surface area contributed by atoms with E-state index in [1.54, 1.807) is 44.2 Å². The van der Waals surface area contributed by atoms with Crippen LogP contribution in [-0.2, 0) is 33.3 Å². The number of nitrogens with zero attached hydrogens (tertiary/aromatic N) is 1. The Hall–Kier alpha value is -3.87. The number of hydrogen-bond acceptors (Lipinski definition) is 12. The molecular formula is C32H37NO11. The van der Waals surface area contributed by atoms with Crippen molar-refractivity contribution in [1.29, 1.82) is 0 Å². The van der Waals surface area contributed by atoms with Crippen LogP contribution in [0.4, 0.5) is 0 Å². The Balaban J connectivity index is 1.77. The first-order valence-electron chi connectivity index (χ1n) is 14.5. The summed E-state index contributed by atoms with van der Waals surface area (Å²) < 4.78 is 30.5. The van der Waals surface area contributed by atoms with E-state index in [4.69, 9.17) is 23.7 Å². The van der Waals surface area contributed by atoms with Gasteiger partial charge in [0.15, 0.2) is 5.60 Å². The molecule has 3 aliphatic rings. The maximum absolute atomic E-state index is 13.6. The molecule has 1 spiro atoms. The highest BCUT2D eigenvalue weighted by Gasteiger charge is 2.86. The van der Waals surface area contributed by atoms with Gasteiger partial charge in [-0.1, -0.05) is 18.2 Å². The average Bonchev–Trinajstić information content (AvgIpc) is 3.17. The first-order valence-corrected chi connectivity index (χ1v) is 14.5. The van der Waals surface area contributed by atoms with Gasteiger partial charge in [-0.2, -0.15) is 0 Å². The Bertz CT molecular complexity index is 1430. The van der Waals surface area contributed by atoms with Crippen molar-refractivity contribution < 1.29 is 53.1 Å². The molecule has 1 aromatic carbocycles. The fourth-order valence-electron chi connectivity index (χ4n) is 7.62. The van der Waals surface area contributed by atoms with Crippen LogP contribution in [0, 0.1) is 11.3 Å². The zero-order valence-corrected chi connectivity index (χ0v) is 25.2. The topological polar surface area (TPSA) is 168 Å². The molecule has 2 aromatic rings. The number of carbonyl (C=O) groups excluding carboxylic acids is 4. The van der Waals surface area contributed by atoms with E-state index in [1.165, 1.54) is 38.4 Å². The van der Waals surface area contributed by atoms with Crippen molar-refractivity contribution in [2.24, 2.45) is 11.3 Å². The zero-order chi connectivity index (χ0) is 32.1. The van der Waals surface area contributed by atoms with E-state index < -0.39 is 83.0 Å². The fourth-order valence-corrected chi connectivity index (χ4v) is 7.62. The van der Waals surface area contributed by atoms with E-state index in [-0.39, 0.29) is 24.0 Å². The van der Waals surface area contributed by atoms with Crippen LogP contribution in [0.5, 0.6) is 0 Å². The standard InChI is InChI=1S/C32H37NO11/c1-18(34)40-17-31-22(42-27(37)20-10-7-6-8-11-20)13-14-30(5,39)32(31)25(41-19(2)35)23(29(3,4)44-32)24(36)26(31)43-28(38)21-12-9-15-33-16-21/h6-12,15-16,22-26,36,39H,13-14,17H2,1-5H3/t22-,23+,24+,25+,26+,30-,31-,32-/m0/s1. The van der Waals surface area contributed by atoms with Crippen molar-refractivity contribution in [3.63, 3.8) is 0 Å². The molecule has 5 rings (SSSR count). The highest BCUT2D eigenvalue weighted by molar-refractivity contribution is 5.90. The fraction of sp³-hybridized carbons (Fsp3) is 0.531. The third-order valence-electron chi connectivity index (χ3n) is 9.30. The summed E-state index contributed by atoms with van der Waals surface area (Å²) in [6.07, 6.45) is -3.06. The Labute approximate surface area is 254 Å². The number of aliphatic hydroxyl groups excluding tert-OH is 1. The number of ether oxygens (including phenoxy) is 5. The quantitative estimate of drug-likeness (QED) is 0.347. The number of aliphatic hydroxyl groups is 2. The first-order chi connectivity index (χ1) is 20.7. The molecule has 0 amide bonds. The lowest BCUT2D eigenvalue weighted by Crippen LogP contribution is -2.83. The van der Waals surface area contributed by atoms with Crippen molar-refractivity contribution in [3.05, 3.63) is 66.0 Å². The third kappa shape index (κ3) is 4.85. The van der Waals surface area contributed by atoms with Gasteiger partial charge in [0.2, 0.25) is 0 Å². The minimum absolute atomic E-state index is 0.0104. The number of fused-ring (bicyclic) bond motifs is 1. The summed E-state index contributed by atoms with van der Waals surface area (Å²) in [6, 6.07) is 11.2. The van der Waals surface area contributed by atoms with E-state index in [0.717, 1.165) is 6.92 Å². The molecule has 1 aliphatic heterocycles. The highest BCUT2D eigenvalue weighted by Crippen LogP contribution is 2.69.